The van der Waals surface area contributed by atoms with Crippen molar-refractivity contribution in [2.45, 2.75) is 57.2 Å². The highest BCUT2D eigenvalue weighted by molar-refractivity contribution is 7.42. The van der Waals surface area contributed by atoms with Crippen molar-refractivity contribution >= 4 is 14.0 Å². The summed E-state index contributed by atoms with van der Waals surface area (Å²) in [6, 6.07) is 9.97. The van der Waals surface area contributed by atoms with Crippen molar-refractivity contribution in [2.24, 2.45) is 5.92 Å². The molecule has 3 N–H and O–H groups in total. The Kier molecular flexibility index (Phi) is 7.71. The van der Waals surface area contributed by atoms with Crippen LogP contribution < -0.4 is 0 Å². The maximum absolute atomic E-state index is 13.5. The molecule has 0 aliphatic carbocycles. The van der Waals surface area contributed by atoms with E-state index in [0.29, 0.717) is 11.3 Å². The summed E-state index contributed by atoms with van der Waals surface area (Å²) in [4.78, 5) is 27.4. The Labute approximate surface area is 188 Å². The zero-order valence-electron chi connectivity index (χ0n) is 18.9. The van der Waals surface area contributed by atoms with Crippen LogP contribution in [0.2, 0.25) is 0 Å². The molecule has 0 saturated carbocycles. The molecule has 0 saturated heterocycles. The number of aromatic nitrogens is 1. The van der Waals surface area contributed by atoms with Gasteiger partial charge < -0.3 is 10.2 Å². The van der Waals surface area contributed by atoms with Gasteiger partial charge in [0, 0.05) is 17.5 Å². The van der Waals surface area contributed by atoms with E-state index in [1.165, 1.54) is 36.4 Å². The van der Waals surface area contributed by atoms with Crippen molar-refractivity contribution in [3.8, 4) is 0 Å². The van der Waals surface area contributed by atoms with Gasteiger partial charge in [0.1, 0.15) is 5.82 Å². The highest BCUT2D eigenvalue weighted by Crippen LogP contribution is 2.52. The van der Waals surface area contributed by atoms with Gasteiger partial charge in [-0.2, -0.15) is 4.89 Å². The molecule has 172 valence electrons. The smallest absolute Gasteiger partial charge is 0.477 e. The Balaban J connectivity index is 2.88. The normalized spacial score (nSPS) is 16.6. The fourth-order valence-electron chi connectivity index (χ4n) is 3.42. The molecule has 1 heterocycles. The van der Waals surface area contributed by atoms with Gasteiger partial charge in [-0.15, -0.1) is 0 Å². The van der Waals surface area contributed by atoms with Crippen LogP contribution in [-0.2, 0) is 26.8 Å². The molecule has 2 aromatic rings. The lowest BCUT2D eigenvalue weighted by molar-refractivity contribution is -0.147. The van der Waals surface area contributed by atoms with Crippen molar-refractivity contribution < 1.29 is 28.9 Å². The van der Waals surface area contributed by atoms with Crippen LogP contribution in [-0.4, -0.2) is 31.2 Å². The third-order valence-corrected chi connectivity index (χ3v) is 6.61. The zero-order valence-corrected chi connectivity index (χ0v) is 19.8. The maximum Gasteiger partial charge on any atom is 0.531 e. The molecule has 1 aromatic heterocycles. The number of pyridine rings is 1. The lowest BCUT2D eigenvalue weighted by atomic mass is 9.77. The van der Waals surface area contributed by atoms with Gasteiger partial charge in [-0.05, 0) is 46.4 Å². The molecule has 0 radical (unpaired) electrons. The minimum atomic E-state index is -3.47. The van der Waals surface area contributed by atoms with Gasteiger partial charge in [-0.3, -0.25) is 4.98 Å². The molecule has 0 aliphatic rings. The molecule has 32 heavy (non-hydrogen) atoms. The molecule has 0 fully saturated rings. The molecular formula is C24H30FNO5P+. The first-order valence-electron chi connectivity index (χ1n) is 10.3. The standard InChI is InChI=1S/C24H29FNO5P/c1-16(2)13-14-24(21(27)28,32(30)31)23(29,15-17-9-11-18(25)12-10-17)20-8-6-7-19(26-20)22(3,4)5/h6-14,16,29H,15H2,1-5H3,(H-,27,28,30,31)/p+1. The number of allylic oxidation sites excluding steroid dienone is 1. The summed E-state index contributed by atoms with van der Waals surface area (Å²) < 4.78 is 26.1. The minimum Gasteiger partial charge on any atom is -0.477 e. The third kappa shape index (κ3) is 5.12. The number of aliphatic hydroxyl groups is 1. The average Bonchev–Trinajstić information content (AvgIpc) is 2.69. The second kappa shape index (κ2) is 9.57. The van der Waals surface area contributed by atoms with E-state index in [4.69, 9.17) is 0 Å². The molecule has 0 bridgehead atoms. The van der Waals surface area contributed by atoms with Gasteiger partial charge in [0.2, 0.25) is 0 Å². The van der Waals surface area contributed by atoms with Crippen molar-refractivity contribution in [1.29, 1.82) is 0 Å². The number of carbonyl (C=O) groups is 1. The Morgan fingerprint density at radius 1 is 1.12 bits per heavy atom. The van der Waals surface area contributed by atoms with Crippen LogP contribution in [0.1, 0.15) is 51.6 Å². The van der Waals surface area contributed by atoms with Crippen LogP contribution in [0.3, 0.4) is 0 Å². The number of carboxylic acid groups (broad SMARTS) is 1. The van der Waals surface area contributed by atoms with Crippen LogP contribution in [0.5, 0.6) is 0 Å². The van der Waals surface area contributed by atoms with Gasteiger partial charge in [0.25, 0.3) is 0 Å². The van der Waals surface area contributed by atoms with E-state index in [1.807, 2.05) is 20.8 Å². The second-order valence-electron chi connectivity index (χ2n) is 9.27. The van der Waals surface area contributed by atoms with Crippen LogP contribution in [0.4, 0.5) is 4.39 Å². The predicted molar refractivity (Wildman–Crippen MR) is 121 cm³/mol. The molecule has 2 rings (SSSR count). The summed E-state index contributed by atoms with van der Waals surface area (Å²) in [6.45, 7) is 9.30. The molecule has 1 aromatic carbocycles. The van der Waals surface area contributed by atoms with Gasteiger partial charge in [0.15, 0.2) is 5.60 Å². The van der Waals surface area contributed by atoms with Crippen molar-refractivity contribution in [2.75, 3.05) is 0 Å². The molecule has 0 amide bonds. The number of carboxylic acids is 1. The number of hydrogen-bond donors (Lipinski definition) is 3. The van der Waals surface area contributed by atoms with E-state index in [1.54, 1.807) is 26.0 Å². The summed E-state index contributed by atoms with van der Waals surface area (Å²) in [7, 11) is -3.47. The summed E-state index contributed by atoms with van der Waals surface area (Å²) in [5, 5.41) is 19.6. The van der Waals surface area contributed by atoms with Crippen LogP contribution in [0.15, 0.2) is 54.6 Å². The molecule has 0 aliphatic heterocycles. The Hall–Kier alpha value is -2.47. The maximum atomic E-state index is 13.5. The lowest BCUT2D eigenvalue weighted by Crippen LogP contribution is -2.55. The van der Waals surface area contributed by atoms with E-state index in [0.717, 1.165) is 6.08 Å². The Morgan fingerprint density at radius 2 is 1.69 bits per heavy atom. The highest BCUT2D eigenvalue weighted by Gasteiger charge is 2.70. The quantitative estimate of drug-likeness (QED) is 0.387. The van der Waals surface area contributed by atoms with Gasteiger partial charge in [-0.1, -0.05) is 58.9 Å². The molecule has 6 nitrogen and oxygen atoms in total. The van der Waals surface area contributed by atoms with Crippen LogP contribution >= 0.6 is 8.03 Å². The number of hydrogen-bond acceptors (Lipinski definition) is 4. The first-order chi connectivity index (χ1) is 14.7. The average molecular weight is 462 g/mol. The molecular weight excluding hydrogens is 432 g/mol. The van der Waals surface area contributed by atoms with Crippen molar-refractivity contribution in [3.63, 3.8) is 0 Å². The van der Waals surface area contributed by atoms with E-state index in [2.05, 4.69) is 4.98 Å². The predicted octanol–water partition coefficient (Wildman–Crippen LogP) is 4.72. The second-order valence-corrected chi connectivity index (χ2v) is 10.5. The van der Waals surface area contributed by atoms with Gasteiger partial charge >= 0.3 is 19.2 Å². The SMILES string of the molecule is CC(C)C=CC(C(=O)O)([P+](=O)O)C(O)(Cc1ccc(F)cc1)c1cccc(C(C)(C)C)n1. The van der Waals surface area contributed by atoms with Crippen molar-refractivity contribution in [1.82, 2.24) is 4.98 Å². The number of rotatable bonds is 8. The Bertz CT molecular complexity index is 1000. The number of nitrogens with zero attached hydrogens (tertiary/aromatic N) is 1. The molecule has 3 atom stereocenters. The topological polar surface area (TPSA) is 108 Å². The van der Waals surface area contributed by atoms with Crippen LogP contribution in [0.25, 0.3) is 0 Å². The lowest BCUT2D eigenvalue weighted by Gasteiger charge is -2.35. The van der Waals surface area contributed by atoms with Crippen LogP contribution in [0, 0.1) is 11.7 Å². The largest absolute Gasteiger partial charge is 0.531 e. The number of benzene rings is 1. The van der Waals surface area contributed by atoms with E-state index in [9.17, 15) is 28.9 Å². The molecule has 3 unspecified atom stereocenters. The third-order valence-electron chi connectivity index (χ3n) is 5.30. The summed E-state index contributed by atoms with van der Waals surface area (Å²) in [5.41, 5.74) is -1.92. The summed E-state index contributed by atoms with van der Waals surface area (Å²) in [5.74, 6) is -2.30. The van der Waals surface area contributed by atoms with E-state index >= 15 is 0 Å². The van der Waals surface area contributed by atoms with Gasteiger partial charge in [-0.25, -0.2) is 9.18 Å². The first kappa shape index (κ1) is 25.8. The summed E-state index contributed by atoms with van der Waals surface area (Å²) in [6.07, 6.45) is 2.19. The fraction of sp³-hybridized carbons (Fsp3) is 0.417. The van der Waals surface area contributed by atoms with E-state index in [-0.39, 0.29) is 18.0 Å². The highest BCUT2D eigenvalue weighted by atomic mass is 31.1. The zero-order chi connectivity index (χ0) is 24.3. The molecule has 8 heteroatoms. The summed E-state index contributed by atoms with van der Waals surface area (Å²) >= 11 is 0. The van der Waals surface area contributed by atoms with Crippen molar-refractivity contribution in [3.05, 3.63) is 77.4 Å². The number of aliphatic carboxylic acids is 1. The minimum absolute atomic E-state index is 0.0533. The fourth-order valence-corrected chi connectivity index (χ4v) is 4.31. The molecule has 0 spiro atoms. The first-order valence-corrected chi connectivity index (χ1v) is 11.5. The van der Waals surface area contributed by atoms with E-state index < -0.39 is 36.0 Å². The Morgan fingerprint density at radius 3 is 2.16 bits per heavy atom. The van der Waals surface area contributed by atoms with Gasteiger partial charge in [0.05, 0.1) is 5.69 Å². The monoisotopic (exact) mass is 462 g/mol. The number of halogens is 1.